The Bertz CT molecular complexity index is 541. The fourth-order valence-corrected chi connectivity index (χ4v) is 1.47. The molecule has 17 heavy (non-hydrogen) atoms. The molecule has 2 heterocycles. The van der Waals surface area contributed by atoms with Gasteiger partial charge in [0.05, 0.1) is 6.20 Å². The summed E-state index contributed by atoms with van der Waals surface area (Å²) in [5.41, 5.74) is 0.698. The van der Waals surface area contributed by atoms with Gasteiger partial charge < -0.3 is 10.1 Å². The molecule has 0 aromatic carbocycles. The molecule has 5 nitrogen and oxygen atoms in total. The normalized spacial score (nSPS) is 10.1. The van der Waals surface area contributed by atoms with E-state index in [2.05, 4.69) is 21.2 Å². The van der Waals surface area contributed by atoms with Gasteiger partial charge in [0.1, 0.15) is 12.4 Å². The zero-order valence-corrected chi connectivity index (χ0v) is 9.68. The van der Waals surface area contributed by atoms with E-state index in [0.717, 1.165) is 12.4 Å². The molecular formula is C12H14N4O. The largest absolute Gasteiger partial charge is 0.474 e. The van der Waals surface area contributed by atoms with E-state index in [1.165, 1.54) is 0 Å². The fourth-order valence-electron chi connectivity index (χ4n) is 1.47. The van der Waals surface area contributed by atoms with Crippen LogP contribution in [0.25, 0.3) is 5.65 Å². The summed E-state index contributed by atoms with van der Waals surface area (Å²) in [6.45, 7) is 3.26. The Morgan fingerprint density at radius 1 is 1.59 bits per heavy atom. The van der Waals surface area contributed by atoms with Gasteiger partial charge in [-0.1, -0.05) is 0 Å². The lowest BCUT2D eigenvalue weighted by Crippen LogP contribution is -2.05. The maximum atomic E-state index is 5.53. The van der Waals surface area contributed by atoms with Crippen LogP contribution in [0.5, 0.6) is 5.88 Å². The predicted octanol–water partition coefficient (Wildman–Crippen LogP) is 1.56. The number of hydrogen-bond donors (Lipinski definition) is 1. The zero-order valence-electron chi connectivity index (χ0n) is 9.68. The number of hydrogen-bond acceptors (Lipinski definition) is 4. The molecule has 2 aromatic heterocycles. The van der Waals surface area contributed by atoms with Crippen molar-refractivity contribution in [1.82, 2.24) is 14.4 Å². The summed E-state index contributed by atoms with van der Waals surface area (Å²) >= 11 is 0. The predicted molar refractivity (Wildman–Crippen MR) is 66.1 cm³/mol. The van der Waals surface area contributed by atoms with E-state index >= 15 is 0 Å². The number of aromatic nitrogens is 3. The second-order valence-corrected chi connectivity index (χ2v) is 3.42. The van der Waals surface area contributed by atoms with Crippen molar-refractivity contribution >= 4 is 11.5 Å². The molecule has 2 aromatic rings. The standard InChI is InChI=1S/C12H14N4O/c1-3-5-8-17-12-11-14-6-7-16(11)9-10(15-12)13-4-2/h1,6-7,9,13H,4-5,8H2,2H3. The van der Waals surface area contributed by atoms with Gasteiger partial charge in [0.2, 0.25) is 5.65 Å². The van der Waals surface area contributed by atoms with E-state index in [1.54, 1.807) is 6.20 Å². The number of rotatable bonds is 5. The zero-order chi connectivity index (χ0) is 12.1. The first kappa shape index (κ1) is 11.3. The first-order chi connectivity index (χ1) is 8.35. The van der Waals surface area contributed by atoms with Crippen molar-refractivity contribution in [2.45, 2.75) is 13.3 Å². The van der Waals surface area contributed by atoms with Crippen molar-refractivity contribution < 1.29 is 4.74 Å². The highest BCUT2D eigenvalue weighted by Gasteiger charge is 2.07. The van der Waals surface area contributed by atoms with Crippen molar-refractivity contribution in [3.63, 3.8) is 0 Å². The van der Waals surface area contributed by atoms with Gasteiger partial charge in [0.25, 0.3) is 5.88 Å². The van der Waals surface area contributed by atoms with E-state index in [4.69, 9.17) is 11.2 Å². The molecule has 0 spiro atoms. The molecule has 0 radical (unpaired) electrons. The van der Waals surface area contributed by atoms with Gasteiger partial charge in [-0.15, -0.1) is 12.3 Å². The lowest BCUT2D eigenvalue weighted by Gasteiger charge is -2.08. The number of nitrogens with one attached hydrogen (secondary N) is 1. The van der Waals surface area contributed by atoms with Gasteiger partial charge in [0.15, 0.2) is 0 Å². The lowest BCUT2D eigenvalue weighted by atomic mass is 10.5. The highest BCUT2D eigenvalue weighted by Crippen LogP contribution is 2.18. The third kappa shape index (κ3) is 2.48. The van der Waals surface area contributed by atoms with Gasteiger partial charge in [-0.3, -0.25) is 4.40 Å². The van der Waals surface area contributed by atoms with Crippen molar-refractivity contribution in [3.05, 3.63) is 18.6 Å². The molecule has 0 saturated heterocycles. The third-order valence-electron chi connectivity index (χ3n) is 2.19. The topological polar surface area (TPSA) is 51.5 Å². The van der Waals surface area contributed by atoms with Crippen LogP contribution in [-0.2, 0) is 0 Å². The summed E-state index contributed by atoms with van der Waals surface area (Å²) in [6.07, 6.45) is 11.2. The highest BCUT2D eigenvalue weighted by molar-refractivity contribution is 5.53. The second-order valence-electron chi connectivity index (χ2n) is 3.42. The van der Waals surface area contributed by atoms with Gasteiger partial charge in [0, 0.05) is 25.4 Å². The Balaban J connectivity index is 2.30. The van der Waals surface area contributed by atoms with Gasteiger partial charge in [-0.2, -0.15) is 4.98 Å². The van der Waals surface area contributed by atoms with Crippen molar-refractivity contribution in [2.75, 3.05) is 18.5 Å². The van der Waals surface area contributed by atoms with Crippen LogP contribution in [0.1, 0.15) is 13.3 Å². The van der Waals surface area contributed by atoms with Crippen LogP contribution >= 0.6 is 0 Å². The van der Waals surface area contributed by atoms with Crippen molar-refractivity contribution in [1.29, 1.82) is 0 Å². The lowest BCUT2D eigenvalue weighted by molar-refractivity contribution is 0.317. The number of fused-ring (bicyclic) bond motifs is 1. The smallest absolute Gasteiger partial charge is 0.260 e. The summed E-state index contributed by atoms with van der Waals surface area (Å²) < 4.78 is 7.40. The number of imidazole rings is 1. The Labute approximate surface area is 99.8 Å². The molecular weight excluding hydrogens is 216 g/mol. The van der Waals surface area contributed by atoms with E-state index in [-0.39, 0.29) is 0 Å². The van der Waals surface area contributed by atoms with Crippen LogP contribution in [-0.4, -0.2) is 27.5 Å². The fraction of sp³-hybridized carbons (Fsp3) is 0.333. The Morgan fingerprint density at radius 2 is 2.47 bits per heavy atom. The molecule has 0 fully saturated rings. The molecule has 0 aliphatic carbocycles. The van der Waals surface area contributed by atoms with Crippen molar-refractivity contribution in [2.24, 2.45) is 0 Å². The second kappa shape index (κ2) is 5.21. The minimum absolute atomic E-state index is 0.446. The molecule has 88 valence electrons. The van der Waals surface area contributed by atoms with Crippen LogP contribution < -0.4 is 10.1 Å². The molecule has 0 aliphatic heterocycles. The van der Waals surface area contributed by atoms with Gasteiger partial charge in [-0.25, -0.2) is 4.98 Å². The van der Waals surface area contributed by atoms with Crippen LogP contribution in [0.2, 0.25) is 0 Å². The molecule has 2 rings (SSSR count). The average Bonchev–Trinajstić information content (AvgIpc) is 2.78. The van der Waals surface area contributed by atoms with E-state index in [9.17, 15) is 0 Å². The van der Waals surface area contributed by atoms with E-state index in [1.807, 2.05) is 23.7 Å². The SMILES string of the molecule is C#CCCOc1nc(NCC)cn2ccnc12. The molecule has 0 saturated carbocycles. The van der Waals surface area contributed by atoms with E-state index < -0.39 is 0 Å². The van der Waals surface area contributed by atoms with Crippen molar-refractivity contribution in [3.8, 4) is 18.2 Å². The number of ether oxygens (including phenoxy) is 1. The Hall–Kier alpha value is -2.22. The van der Waals surface area contributed by atoms with Gasteiger partial charge >= 0.3 is 0 Å². The molecule has 0 unspecified atom stereocenters. The van der Waals surface area contributed by atoms with Crippen LogP contribution in [0.15, 0.2) is 18.6 Å². The molecule has 0 amide bonds. The maximum absolute atomic E-state index is 5.53. The molecule has 0 bridgehead atoms. The number of terminal acetylenes is 1. The first-order valence-corrected chi connectivity index (χ1v) is 5.49. The average molecular weight is 230 g/mol. The van der Waals surface area contributed by atoms with Crippen LogP contribution in [0.3, 0.4) is 0 Å². The van der Waals surface area contributed by atoms with E-state index in [0.29, 0.717) is 24.6 Å². The van der Waals surface area contributed by atoms with Crippen LogP contribution in [0.4, 0.5) is 5.82 Å². The summed E-state index contributed by atoms with van der Waals surface area (Å²) in [6, 6.07) is 0. The summed E-state index contributed by atoms with van der Waals surface area (Å²) in [4.78, 5) is 8.54. The monoisotopic (exact) mass is 230 g/mol. The molecule has 0 atom stereocenters. The Morgan fingerprint density at radius 3 is 3.24 bits per heavy atom. The summed E-state index contributed by atoms with van der Waals surface area (Å²) in [5, 5.41) is 3.14. The molecule has 1 N–H and O–H groups in total. The Kier molecular flexibility index (Phi) is 3.46. The van der Waals surface area contributed by atoms with Crippen LogP contribution in [0, 0.1) is 12.3 Å². The highest BCUT2D eigenvalue weighted by atomic mass is 16.5. The first-order valence-electron chi connectivity index (χ1n) is 5.49. The molecule has 5 heteroatoms. The van der Waals surface area contributed by atoms with Gasteiger partial charge in [-0.05, 0) is 6.92 Å². The quantitative estimate of drug-likeness (QED) is 0.625. The number of nitrogens with zero attached hydrogens (tertiary/aromatic N) is 3. The summed E-state index contributed by atoms with van der Waals surface area (Å²) in [5.74, 6) is 3.79. The number of anilines is 1. The third-order valence-corrected chi connectivity index (χ3v) is 2.19. The minimum atomic E-state index is 0.446. The summed E-state index contributed by atoms with van der Waals surface area (Å²) in [7, 11) is 0. The molecule has 0 aliphatic rings. The maximum Gasteiger partial charge on any atom is 0.260 e. The minimum Gasteiger partial charge on any atom is -0.474 e.